The summed E-state index contributed by atoms with van der Waals surface area (Å²) in [5.74, 6) is 0.619. The van der Waals surface area contributed by atoms with Crippen LogP contribution in [0.25, 0.3) is 0 Å². The fourth-order valence-corrected chi connectivity index (χ4v) is 3.07. The van der Waals surface area contributed by atoms with Crippen LogP contribution < -0.4 is 5.32 Å². The summed E-state index contributed by atoms with van der Waals surface area (Å²) in [7, 11) is 0. The summed E-state index contributed by atoms with van der Waals surface area (Å²) in [5.41, 5.74) is 1.27. The molecule has 1 aliphatic carbocycles. The third-order valence-corrected chi connectivity index (χ3v) is 4.15. The number of thiophene rings is 1. The van der Waals surface area contributed by atoms with Gasteiger partial charge < -0.3 is 5.32 Å². The van der Waals surface area contributed by atoms with Gasteiger partial charge in [0, 0.05) is 6.04 Å². The molecule has 1 aromatic rings. The van der Waals surface area contributed by atoms with Crippen LogP contribution in [0.3, 0.4) is 0 Å². The van der Waals surface area contributed by atoms with E-state index >= 15 is 0 Å². The molecule has 1 heterocycles. The molecule has 16 heavy (non-hydrogen) atoms. The standard InChI is InChI=1S/C13H19NOS/c1-9(2)10-7-12(16-8-10)13(15)14-11-5-3-4-6-11/h7-9,11H,3-6H2,1-2H3,(H,14,15). The van der Waals surface area contributed by atoms with Gasteiger partial charge in [0.05, 0.1) is 4.88 Å². The molecule has 3 heteroatoms. The summed E-state index contributed by atoms with van der Waals surface area (Å²) >= 11 is 1.56. The Morgan fingerprint density at radius 1 is 1.44 bits per heavy atom. The lowest BCUT2D eigenvalue weighted by atomic mass is 10.1. The smallest absolute Gasteiger partial charge is 0.261 e. The molecule has 88 valence electrons. The zero-order valence-corrected chi connectivity index (χ0v) is 10.8. The Morgan fingerprint density at radius 3 is 2.69 bits per heavy atom. The quantitative estimate of drug-likeness (QED) is 0.856. The molecule has 1 fully saturated rings. The third-order valence-electron chi connectivity index (χ3n) is 3.20. The van der Waals surface area contributed by atoms with Crippen LogP contribution in [-0.4, -0.2) is 11.9 Å². The normalized spacial score (nSPS) is 16.9. The van der Waals surface area contributed by atoms with E-state index in [0.717, 1.165) is 17.7 Å². The van der Waals surface area contributed by atoms with Gasteiger partial charge in [0.2, 0.25) is 0 Å². The first kappa shape index (κ1) is 11.6. The average molecular weight is 237 g/mol. The number of hydrogen-bond donors (Lipinski definition) is 1. The fraction of sp³-hybridized carbons (Fsp3) is 0.615. The van der Waals surface area contributed by atoms with Crippen molar-refractivity contribution in [1.29, 1.82) is 0 Å². The highest BCUT2D eigenvalue weighted by Crippen LogP contribution is 2.23. The monoisotopic (exact) mass is 237 g/mol. The van der Waals surface area contributed by atoms with E-state index in [2.05, 4.69) is 24.5 Å². The largest absolute Gasteiger partial charge is 0.349 e. The fourth-order valence-electron chi connectivity index (χ4n) is 2.10. The molecule has 0 bridgehead atoms. The van der Waals surface area contributed by atoms with Crippen LogP contribution in [0.1, 0.15) is 60.7 Å². The lowest BCUT2D eigenvalue weighted by Gasteiger charge is -2.10. The first-order valence-electron chi connectivity index (χ1n) is 6.06. The Morgan fingerprint density at radius 2 is 2.12 bits per heavy atom. The molecule has 2 nitrogen and oxygen atoms in total. The number of rotatable bonds is 3. The number of hydrogen-bond acceptors (Lipinski definition) is 2. The van der Waals surface area contributed by atoms with Crippen LogP contribution in [0, 0.1) is 0 Å². The summed E-state index contributed by atoms with van der Waals surface area (Å²) < 4.78 is 0. The molecule has 0 saturated heterocycles. The van der Waals surface area contributed by atoms with E-state index in [4.69, 9.17) is 0 Å². The molecule has 0 aromatic carbocycles. The Balaban J connectivity index is 1.97. The van der Waals surface area contributed by atoms with Gasteiger partial charge in [-0.3, -0.25) is 4.79 Å². The molecular weight excluding hydrogens is 218 g/mol. The van der Waals surface area contributed by atoms with Crippen molar-refractivity contribution in [2.45, 2.75) is 51.5 Å². The van der Waals surface area contributed by atoms with E-state index in [1.54, 1.807) is 11.3 Å². The second-order valence-corrected chi connectivity index (χ2v) is 5.77. The zero-order valence-electron chi connectivity index (χ0n) is 9.95. The molecule has 0 atom stereocenters. The highest BCUT2D eigenvalue weighted by Gasteiger charge is 2.19. The molecule has 1 N–H and O–H groups in total. The van der Waals surface area contributed by atoms with Crippen LogP contribution in [0.5, 0.6) is 0 Å². The minimum Gasteiger partial charge on any atom is -0.349 e. The number of carbonyl (C=O) groups excluding carboxylic acids is 1. The van der Waals surface area contributed by atoms with E-state index in [0.29, 0.717) is 12.0 Å². The number of nitrogens with one attached hydrogen (secondary N) is 1. The van der Waals surface area contributed by atoms with Gasteiger partial charge in [0.1, 0.15) is 0 Å². The molecule has 1 aliphatic rings. The Hall–Kier alpha value is -0.830. The maximum atomic E-state index is 11.9. The molecule has 2 rings (SSSR count). The lowest BCUT2D eigenvalue weighted by Crippen LogP contribution is -2.31. The predicted molar refractivity (Wildman–Crippen MR) is 68.1 cm³/mol. The highest BCUT2D eigenvalue weighted by atomic mass is 32.1. The minimum absolute atomic E-state index is 0.115. The summed E-state index contributed by atoms with van der Waals surface area (Å²) in [5, 5.41) is 5.21. The SMILES string of the molecule is CC(C)c1csc(C(=O)NC2CCCC2)c1. The third kappa shape index (κ3) is 2.64. The van der Waals surface area contributed by atoms with Crippen LogP contribution >= 0.6 is 11.3 Å². The van der Waals surface area contributed by atoms with Crippen molar-refractivity contribution in [2.75, 3.05) is 0 Å². The Labute approximate surface area is 101 Å². The maximum absolute atomic E-state index is 11.9. The van der Waals surface area contributed by atoms with Gasteiger partial charge in [-0.25, -0.2) is 0 Å². The first-order chi connectivity index (χ1) is 7.66. The molecule has 1 amide bonds. The Bertz CT molecular complexity index is 364. The number of amides is 1. The van der Waals surface area contributed by atoms with E-state index in [9.17, 15) is 4.79 Å². The molecule has 0 spiro atoms. The summed E-state index contributed by atoms with van der Waals surface area (Å²) in [4.78, 5) is 12.8. The van der Waals surface area contributed by atoms with Crippen molar-refractivity contribution < 1.29 is 4.79 Å². The van der Waals surface area contributed by atoms with Crippen molar-refractivity contribution in [3.05, 3.63) is 21.9 Å². The van der Waals surface area contributed by atoms with Gasteiger partial charge in [-0.2, -0.15) is 0 Å². The van der Waals surface area contributed by atoms with Crippen LogP contribution in [-0.2, 0) is 0 Å². The van der Waals surface area contributed by atoms with Gasteiger partial charge in [0.25, 0.3) is 5.91 Å². The van der Waals surface area contributed by atoms with Crippen molar-refractivity contribution >= 4 is 17.2 Å². The summed E-state index contributed by atoms with van der Waals surface area (Å²) in [6.45, 7) is 4.31. The summed E-state index contributed by atoms with van der Waals surface area (Å²) in [6.07, 6.45) is 4.81. The maximum Gasteiger partial charge on any atom is 0.261 e. The van der Waals surface area contributed by atoms with Crippen molar-refractivity contribution in [3.63, 3.8) is 0 Å². The molecule has 1 aromatic heterocycles. The first-order valence-corrected chi connectivity index (χ1v) is 6.94. The predicted octanol–water partition coefficient (Wildman–Crippen LogP) is 3.54. The van der Waals surface area contributed by atoms with Crippen molar-refractivity contribution in [1.82, 2.24) is 5.32 Å². The van der Waals surface area contributed by atoms with Crippen molar-refractivity contribution in [3.8, 4) is 0 Å². The van der Waals surface area contributed by atoms with Crippen molar-refractivity contribution in [2.24, 2.45) is 0 Å². The molecule has 0 aliphatic heterocycles. The molecular formula is C13H19NOS. The average Bonchev–Trinajstić information content (AvgIpc) is 2.86. The lowest BCUT2D eigenvalue weighted by molar-refractivity contribution is 0.0942. The second kappa shape index (κ2) is 5.00. The van der Waals surface area contributed by atoms with E-state index in [-0.39, 0.29) is 5.91 Å². The van der Waals surface area contributed by atoms with Gasteiger partial charge in [-0.15, -0.1) is 11.3 Å². The minimum atomic E-state index is 0.115. The Kier molecular flexibility index (Phi) is 3.64. The van der Waals surface area contributed by atoms with E-state index < -0.39 is 0 Å². The van der Waals surface area contributed by atoms with E-state index in [1.165, 1.54) is 18.4 Å². The van der Waals surface area contributed by atoms with Crippen LogP contribution in [0.4, 0.5) is 0 Å². The van der Waals surface area contributed by atoms with Gasteiger partial charge >= 0.3 is 0 Å². The second-order valence-electron chi connectivity index (χ2n) is 4.85. The van der Waals surface area contributed by atoms with Crippen LogP contribution in [0.15, 0.2) is 11.4 Å². The van der Waals surface area contributed by atoms with Crippen LogP contribution in [0.2, 0.25) is 0 Å². The topological polar surface area (TPSA) is 29.1 Å². The highest BCUT2D eigenvalue weighted by molar-refractivity contribution is 7.12. The molecule has 0 radical (unpaired) electrons. The van der Waals surface area contributed by atoms with E-state index in [1.807, 2.05) is 6.07 Å². The summed E-state index contributed by atoms with van der Waals surface area (Å²) in [6, 6.07) is 2.44. The zero-order chi connectivity index (χ0) is 11.5. The molecule has 1 saturated carbocycles. The number of carbonyl (C=O) groups is 1. The van der Waals surface area contributed by atoms with Gasteiger partial charge in [-0.1, -0.05) is 26.7 Å². The van der Waals surface area contributed by atoms with Gasteiger partial charge in [-0.05, 0) is 35.8 Å². The van der Waals surface area contributed by atoms with Gasteiger partial charge in [0.15, 0.2) is 0 Å². The molecule has 0 unspecified atom stereocenters.